The molecule has 4 nitrogen and oxygen atoms in total. The molecule has 98 valence electrons. The number of amides is 1. The zero-order valence-corrected chi connectivity index (χ0v) is 10.5. The topological polar surface area (TPSA) is 41.6 Å². The molecule has 18 heavy (non-hydrogen) atoms. The lowest BCUT2D eigenvalue weighted by atomic mass is 10.2. The molecule has 0 spiro atoms. The van der Waals surface area contributed by atoms with Gasteiger partial charge in [0, 0.05) is 31.2 Å². The second-order valence-corrected chi connectivity index (χ2v) is 4.51. The molecule has 0 radical (unpaired) electrons. The summed E-state index contributed by atoms with van der Waals surface area (Å²) in [5.74, 6) is -0.435. The van der Waals surface area contributed by atoms with Crippen LogP contribution in [-0.4, -0.2) is 37.2 Å². The molecule has 0 saturated carbocycles. The number of ether oxygens (including phenoxy) is 1. The molecule has 1 aromatic carbocycles. The zero-order chi connectivity index (χ0) is 13.0. The molecule has 1 aliphatic rings. The molecule has 0 atom stereocenters. The Balaban J connectivity index is 1.88. The van der Waals surface area contributed by atoms with Crippen molar-refractivity contribution in [3.8, 4) is 0 Å². The molecule has 1 aliphatic heterocycles. The van der Waals surface area contributed by atoms with Gasteiger partial charge in [-0.25, -0.2) is 9.18 Å². The first-order chi connectivity index (χ1) is 8.65. The molecular weight excluding hydrogens is 259 g/mol. The maximum Gasteiger partial charge on any atom is 0.410 e. The fourth-order valence-corrected chi connectivity index (χ4v) is 2.02. The molecule has 1 aromatic rings. The second-order valence-electron chi connectivity index (χ2n) is 4.07. The lowest BCUT2D eigenvalue weighted by Crippen LogP contribution is -2.46. The summed E-state index contributed by atoms with van der Waals surface area (Å²) < 4.78 is 18.2. The Hall–Kier alpha value is -1.33. The molecule has 0 aliphatic carbocycles. The third-order valence-electron chi connectivity index (χ3n) is 2.66. The first-order valence-electron chi connectivity index (χ1n) is 5.72. The van der Waals surface area contributed by atoms with E-state index < -0.39 is 5.82 Å². The average Bonchev–Trinajstić information content (AvgIpc) is 2.36. The minimum Gasteiger partial charge on any atom is -0.445 e. The van der Waals surface area contributed by atoms with Crippen LogP contribution in [-0.2, 0) is 11.3 Å². The van der Waals surface area contributed by atoms with E-state index in [2.05, 4.69) is 5.32 Å². The quantitative estimate of drug-likeness (QED) is 0.896. The fraction of sp³-hybridized carbons (Fsp3) is 0.417. The number of carbonyl (C=O) groups is 1. The SMILES string of the molecule is O=C(OCc1cc(F)cc(Cl)c1)N1CCNCC1. The Morgan fingerprint density at radius 2 is 2.11 bits per heavy atom. The van der Waals surface area contributed by atoms with Gasteiger partial charge in [0.15, 0.2) is 0 Å². The highest BCUT2D eigenvalue weighted by Gasteiger charge is 2.17. The van der Waals surface area contributed by atoms with Gasteiger partial charge in [-0.05, 0) is 23.8 Å². The number of benzene rings is 1. The molecule has 1 saturated heterocycles. The standard InChI is InChI=1S/C12H14ClFN2O2/c13-10-5-9(6-11(14)7-10)8-18-12(17)16-3-1-15-2-4-16/h5-7,15H,1-4,8H2. The van der Waals surface area contributed by atoms with Gasteiger partial charge in [0.05, 0.1) is 0 Å². The van der Waals surface area contributed by atoms with Crippen LogP contribution in [0.3, 0.4) is 0 Å². The highest BCUT2D eigenvalue weighted by Crippen LogP contribution is 2.15. The molecular formula is C12H14ClFN2O2. The van der Waals surface area contributed by atoms with Crippen molar-refractivity contribution in [3.05, 3.63) is 34.6 Å². The Bertz CT molecular complexity index is 416. The van der Waals surface area contributed by atoms with E-state index in [1.165, 1.54) is 12.1 Å². The van der Waals surface area contributed by atoms with Crippen molar-refractivity contribution in [2.45, 2.75) is 6.61 Å². The summed E-state index contributed by atoms with van der Waals surface area (Å²) in [6.45, 7) is 2.81. The smallest absolute Gasteiger partial charge is 0.410 e. The molecule has 1 N–H and O–H groups in total. The maximum atomic E-state index is 13.1. The molecule has 1 fully saturated rings. The first kappa shape index (κ1) is 13.1. The number of hydrogen-bond acceptors (Lipinski definition) is 3. The van der Waals surface area contributed by atoms with Gasteiger partial charge in [0.25, 0.3) is 0 Å². The van der Waals surface area contributed by atoms with Crippen LogP contribution in [0, 0.1) is 5.82 Å². The van der Waals surface area contributed by atoms with E-state index in [9.17, 15) is 9.18 Å². The van der Waals surface area contributed by atoms with Gasteiger partial charge < -0.3 is 15.0 Å². The van der Waals surface area contributed by atoms with Crippen molar-refractivity contribution in [3.63, 3.8) is 0 Å². The maximum absolute atomic E-state index is 13.1. The van der Waals surface area contributed by atoms with Crippen LogP contribution >= 0.6 is 11.6 Å². The molecule has 2 rings (SSSR count). The summed E-state index contributed by atoms with van der Waals surface area (Å²) >= 11 is 5.71. The van der Waals surface area contributed by atoms with E-state index in [0.29, 0.717) is 23.7 Å². The van der Waals surface area contributed by atoms with Crippen molar-refractivity contribution in [2.24, 2.45) is 0 Å². The van der Waals surface area contributed by atoms with Gasteiger partial charge in [-0.2, -0.15) is 0 Å². The van der Waals surface area contributed by atoms with Crippen LogP contribution in [0.15, 0.2) is 18.2 Å². The first-order valence-corrected chi connectivity index (χ1v) is 6.10. The fourth-order valence-electron chi connectivity index (χ4n) is 1.78. The Kier molecular flexibility index (Phi) is 4.38. The van der Waals surface area contributed by atoms with Crippen LogP contribution in [0.25, 0.3) is 0 Å². The zero-order valence-electron chi connectivity index (χ0n) is 9.79. The van der Waals surface area contributed by atoms with Gasteiger partial charge in [-0.1, -0.05) is 11.6 Å². The van der Waals surface area contributed by atoms with Gasteiger partial charge in [0.1, 0.15) is 12.4 Å². The monoisotopic (exact) mass is 272 g/mol. The average molecular weight is 273 g/mol. The van der Waals surface area contributed by atoms with E-state index in [1.807, 2.05) is 0 Å². The van der Waals surface area contributed by atoms with Crippen LogP contribution in [0.4, 0.5) is 9.18 Å². The van der Waals surface area contributed by atoms with Crippen molar-refractivity contribution < 1.29 is 13.9 Å². The van der Waals surface area contributed by atoms with Crippen LogP contribution < -0.4 is 5.32 Å². The minimum atomic E-state index is -0.435. The molecule has 1 amide bonds. The molecule has 0 aromatic heterocycles. The third-order valence-corrected chi connectivity index (χ3v) is 2.88. The molecule has 1 heterocycles. The number of carbonyl (C=O) groups excluding carboxylic acids is 1. The summed E-state index contributed by atoms with van der Waals surface area (Å²) in [7, 11) is 0. The third kappa shape index (κ3) is 3.58. The van der Waals surface area contributed by atoms with E-state index in [-0.39, 0.29) is 12.7 Å². The molecule has 0 unspecified atom stereocenters. The van der Waals surface area contributed by atoms with Gasteiger partial charge in [-0.15, -0.1) is 0 Å². The van der Waals surface area contributed by atoms with Crippen molar-refractivity contribution >= 4 is 17.7 Å². The lowest BCUT2D eigenvalue weighted by molar-refractivity contribution is 0.0917. The summed E-state index contributed by atoms with van der Waals surface area (Å²) in [5.41, 5.74) is 0.545. The number of hydrogen-bond donors (Lipinski definition) is 1. The van der Waals surface area contributed by atoms with Crippen molar-refractivity contribution in [1.29, 1.82) is 0 Å². The minimum absolute atomic E-state index is 0.0280. The van der Waals surface area contributed by atoms with Crippen LogP contribution in [0.1, 0.15) is 5.56 Å². The van der Waals surface area contributed by atoms with E-state index in [0.717, 1.165) is 13.1 Å². The molecule has 0 bridgehead atoms. The summed E-state index contributed by atoms with van der Waals surface area (Å²) in [4.78, 5) is 13.3. The van der Waals surface area contributed by atoms with Gasteiger partial charge >= 0.3 is 6.09 Å². The summed E-state index contributed by atoms with van der Waals surface area (Å²) in [6, 6.07) is 4.09. The largest absolute Gasteiger partial charge is 0.445 e. The predicted octanol–water partition coefficient (Wildman–Crippen LogP) is 2.02. The van der Waals surface area contributed by atoms with Crippen LogP contribution in [0.2, 0.25) is 5.02 Å². The number of rotatable bonds is 2. The number of halogens is 2. The predicted molar refractivity (Wildman–Crippen MR) is 66.0 cm³/mol. The van der Waals surface area contributed by atoms with Gasteiger partial charge in [-0.3, -0.25) is 0 Å². The molecule has 6 heteroatoms. The van der Waals surface area contributed by atoms with Crippen molar-refractivity contribution in [2.75, 3.05) is 26.2 Å². The Labute approximate surface area is 110 Å². The summed E-state index contributed by atoms with van der Waals surface area (Å²) in [6.07, 6.45) is -0.378. The number of piperazine rings is 1. The number of nitrogens with zero attached hydrogens (tertiary/aromatic N) is 1. The van der Waals surface area contributed by atoms with E-state index in [4.69, 9.17) is 16.3 Å². The second kappa shape index (κ2) is 6.02. The Morgan fingerprint density at radius 3 is 2.78 bits per heavy atom. The number of nitrogens with one attached hydrogen (secondary N) is 1. The lowest BCUT2D eigenvalue weighted by Gasteiger charge is -2.26. The van der Waals surface area contributed by atoms with E-state index in [1.54, 1.807) is 11.0 Å². The highest BCUT2D eigenvalue weighted by molar-refractivity contribution is 6.30. The summed E-state index contributed by atoms with van der Waals surface area (Å²) in [5, 5.41) is 3.44. The highest BCUT2D eigenvalue weighted by atomic mass is 35.5. The Morgan fingerprint density at radius 1 is 1.39 bits per heavy atom. The van der Waals surface area contributed by atoms with E-state index >= 15 is 0 Å². The van der Waals surface area contributed by atoms with Crippen molar-refractivity contribution in [1.82, 2.24) is 10.2 Å². The normalized spacial score (nSPS) is 15.6. The van der Waals surface area contributed by atoms with Crippen LogP contribution in [0.5, 0.6) is 0 Å². The van der Waals surface area contributed by atoms with Gasteiger partial charge in [0.2, 0.25) is 0 Å².